The molecule has 20 heavy (non-hydrogen) atoms. The third-order valence-electron chi connectivity index (χ3n) is 3.40. The van der Waals surface area contributed by atoms with Crippen LogP contribution in [-0.2, 0) is 11.2 Å². The first-order chi connectivity index (χ1) is 9.60. The molecule has 0 aliphatic heterocycles. The fraction of sp³-hybridized carbons (Fsp3) is 0.400. The van der Waals surface area contributed by atoms with Crippen molar-refractivity contribution in [2.45, 2.75) is 31.7 Å². The zero-order chi connectivity index (χ0) is 14.5. The molecule has 1 aliphatic carbocycles. The average Bonchev–Trinajstić information content (AvgIpc) is 3.23. The van der Waals surface area contributed by atoms with E-state index in [0.29, 0.717) is 12.0 Å². The summed E-state index contributed by atoms with van der Waals surface area (Å²) in [6.07, 6.45) is 2.22. The Kier molecular flexibility index (Phi) is 4.36. The van der Waals surface area contributed by atoms with E-state index in [1.54, 1.807) is 24.3 Å². The van der Waals surface area contributed by atoms with Crippen LogP contribution < -0.4 is 5.32 Å². The standard InChI is InChI=1S/C15H16N2O3/c16-8-7-10-1-3-12(4-2-10)15(20)17-13(9-14(18)19)11-5-6-11/h1-4,11,13H,5-7,9H2,(H,17,20)(H,18,19)/t13-/m1/s1. The Hall–Kier alpha value is -2.35. The summed E-state index contributed by atoms with van der Waals surface area (Å²) in [5.74, 6) is -0.869. The number of rotatable bonds is 6. The Morgan fingerprint density at radius 1 is 1.35 bits per heavy atom. The number of carbonyl (C=O) groups excluding carboxylic acids is 1. The lowest BCUT2D eigenvalue weighted by molar-refractivity contribution is -0.137. The predicted molar refractivity (Wildman–Crippen MR) is 72.0 cm³/mol. The number of nitrogens with zero attached hydrogens (tertiary/aromatic N) is 1. The minimum atomic E-state index is -0.897. The van der Waals surface area contributed by atoms with Crippen LogP contribution in [0.4, 0.5) is 0 Å². The summed E-state index contributed by atoms with van der Waals surface area (Å²) in [6.45, 7) is 0. The average molecular weight is 272 g/mol. The summed E-state index contributed by atoms with van der Waals surface area (Å²) in [7, 11) is 0. The van der Waals surface area contributed by atoms with Crippen LogP contribution in [0, 0.1) is 17.2 Å². The van der Waals surface area contributed by atoms with E-state index in [2.05, 4.69) is 5.32 Å². The fourth-order valence-corrected chi connectivity index (χ4v) is 2.14. The molecular formula is C15H16N2O3. The largest absolute Gasteiger partial charge is 0.481 e. The fourth-order valence-electron chi connectivity index (χ4n) is 2.14. The molecule has 104 valence electrons. The van der Waals surface area contributed by atoms with Crippen LogP contribution in [-0.4, -0.2) is 23.0 Å². The highest BCUT2D eigenvalue weighted by Gasteiger charge is 2.33. The summed E-state index contributed by atoms with van der Waals surface area (Å²) in [4.78, 5) is 22.9. The monoisotopic (exact) mass is 272 g/mol. The van der Waals surface area contributed by atoms with Gasteiger partial charge in [0.15, 0.2) is 0 Å². The number of aliphatic carboxylic acids is 1. The first kappa shape index (κ1) is 14.1. The van der Waals surface area contributed by atoms with Crippen molar-refractivity contribution in [1.82, 2.24) is 5.32 Å². The van der Waals surface area contributed by atoms with Gasteiger partial charge in [-0.1, -0.05) is 12.1 Å². The zero-order valence-electron chi connectivity index (χ0n) is 11.0. The molecular weight excluding hydrogens is 256 g/mol. The number of benzene rings is 1. The third-order valence-corrected chi connectivity index (χ3v) is 3.40. The molecule has 0 unspecified atom stereocenters. The summed E-state index contributed by atoms with van der Waals surface area (Å²) >= 11 is 0. The number of hydrogen-bond acceptors (Lipinski definition) is 3. The quantitative estimate of drug-likeness (QED) is 0.825. The van der Waals surface area contributed by atoms with Gasteiger partial charge in [-0.25, -0.2) is 0 Å². The van der Waals surface area contributed by atoms with Gasteiger partial charge in [-0.05, 0) is 36.5 Å². The van der Waals surface area contributed by atoms with E-state index in [-0.39, 0.29) is 24.3 Å². The Labute approximate surface area is 117 Å². The maximum Gasteiger partial charge on any atom is 0.305 e. The molecule has 1 amide bonds. The highest BCUT2D eigenvalue weighted by atomic mass is 16.4. The lowest BCUT2D eigenvalue weighted by Crippen LogP contribution is -2.38. The van der Waals surface area contributed by atoms with Crippen LogP contribution in [0.2, 0.25) is 0 Å². The number of nitriles is 1. The first-order valence-electron chi connectivity index (χ1n) is 6.58. The number of carboxylic acid groups (broad SMARTS) is 1. The third kappa shape index (κ3) is 3.82. The van der Waals surface area contributed by atoms with Crippen molar-refractivity contribution in [2.75, 3.05) is 0 Å². The molecule has 0 radical (unpaired) electrons. The molecule has 1 aliphatic rings. The van der Waals surface area contributed by atoms with E-state index >= 15 is 0 Å². The minimum Gasteiger partial charge on any atom is -0.481 e. The van der Waals surface area contributed by atoms with Crippen LogP contribution in [0.25, 0.3) is 0 Å². The van der Waals surface area contributed by atoms with Gasteiger partial charge in [0.05, 0.1) is 18.9 Å². The van der Waals surface area contributed by atoms with Crippen molar-refractivity contribution in [1.29, 1.82) is 5.26 Å². The normalized spacial score (nSPS) is 15.2. The molecule has 1 aromatic rings. The first-order valence-corrected chi connectivity index (χ1v) is 6.58. The SMILES string of the molecule is N#CCc1ccc(C(=O)N[C@H](CC(=O)O)C2CC2)cc1. The summed E-state index contributed by atoms with van der Waals surface area (Å²) in [5.41, 5.74) is 1.34. The Morgan fingerprint density at radius 2 is 2.00 bits per heavy atom. The Morgan fingerprint density at radius 3 is 2.50 bits per heavy atom. The van der Waals surface area contributed by atoms with Gasteiger partial charge in [-0.3, -0.25) is 9.59 Å². The Balaban J connectivity index is 1.99. The van der Waals surface area contributed by atoms with Crippen molar-refractivity contribution < 1.29 is 14.7 Å². The smallest absolute Gasteiger partial charge is 0.305 e. The van der Waals surface area contributed by atoms with Crippen LogP contribution >= 0.6 is 0 Å². The van der Waals surface area contributed by atoms with Gasteiger partial charge in [-0.15, -0.1) is 0 Å². The highest BCUT2D eigenvalue weighted by Crippen LogP contribution is 2.34. The number of carboxylic acids is 1. The van der Waals surface area contributed by atoms with Gasteiger partial charge in [0.1, 0.15) is 0 Å². The van der Waals surface area contributed by atoms with E-state index in [1.165, 1.54) is 0 Å². The molecule has 0 spiro atoms. The predicted octanol–water partition coefficient (Wildman–Crippen LogP) is 1.74. The lowest BCUT2D eigenvalue weighted by Gasteiger charge is -2.16. The molecule has 5 heteroatoms. The van der Waals surface area contributed by atoms with Crippen molar-refractivity contribution in [3.8, 4) is 6.07 Å². The van der Waals surface area contributed by atoms with Crippen LogP contribution in [0.3, 0.4) is 0 Å². The number of nitrogens with one attached hydrogen (secondary N) is 1. The maximum absolute atomic E-state index is 12.1. The van der Waals surface area contributed by atoms with Gasteiger partial charge < -0.3 is 10.4 Å². The second kappa shape index (κ2) is 6.20. The second-order valence-electron chi connectivity index (χ2n) is 5.05. The second-order valence-corrected chi connectivity index (χ2v) is 5.05. The molecule has 5 nitrogen and oxygen atoms in total. The topological polar surface area (TPSA) is 90.2 Å². The molecule has 1 saturated carbocycles. The van der Waals surface area contributed by atoms with Crippen LogP contribution in [0.5, 0.6) is 0 Å². The molecule has 0 bridgehead atoms. The van der Waals surface area contributed by atoms with Crippen molar-refractivity contribution in [3.05, 3.63) is 35.4 Å². The highest BCUT2D eigenvalue weighted by molar-refractivity contribution is 5.94. The molecule has 2 N–H and O–H groups in total. The summed E-state index contributed by atoms with van der Waals surface area (Å²) < 4.78 is 0. The summed E-state index contributed by atoms with van der Waals surface area (Å²) in [6, 6.07) is 8.55. The van der Waals surface area contributed by atoms with E-state index < -0.39 is 5.97 Å². The molecule has 0 saturated heterocycles. The Bertz CT molecular complexity index is 541. The zero-order valence-corrected chi connectivity index (χ0v) is 11.0. The molecule has 1 aromatic carbocycles. The molecule has 0 aromatic heterocycles. The van der Waals surface area contributed by atoms with E-state index in [4.69, 9.17) is 10.4 Å². The van der Waals surface area contributed by atoms with Crippen molar-refractivity contribution in [3.63, 3.8) is 0 Å². The minimum absolute atomic E-state index is 0.0388. The van der Waals surface area contributed by atoms with Gasteiger partial charge in [-0.2, -0.15) is 5.26 Å². The van der Waals surface area contributed by atoms with Crippen molar-refractivity contribution in [2.24, 2.45) is 5.92 Å². The van der Waals surface area contributed by atoms with E-state index in [9.17, 15) is 9.59 Å². The molecule has 2 rings (SSSR count). The number of carbonyl (C=O) groups is 2. The number of amides is 1. The van der Waals surface area contributed by atoms with E-state index in [0.717, 1.165) is 18.4 Å². The van der Waals surface area contributed by atoms with Gasteiger partial charge in [0.25, 0.3) is 5.91 Å². The maximum atomic E-state index is 12.1. The molecule has 1 atom stereocenters. The van der Waals surface area contributed by atoms with Crippen LogP contribution in [0.15, 0.2) is 24.3 Å². The number of hydrogen-bond donors (Lipinski definition) is 2. The molecule has 0 heterocycles. The van der Waals surface area contributed by atoms with Gasteiger partial charge >= 0.3 is 5.97 Å². The van der Waals surface area contributed by atoms with E-state index in [1.807, 2.05) is 6.07 Å². The summed E-state index contributed by atoms with van der Waals surface area (Å²) in [5, 5.41) is 20.2. The van der Waals surface area contributed by atoms with Gasteiger partial charge in [0.2, 0.25) is 0 Å². The van der Waals surface area contributed by atoms with Crippen molar-refractivity contribution >= 4 is 11.9 Å². The van der Waals surface area contributed by atoms with Crippen LogP contribution in [0.1, 0.15) is 35.2 Å². The lowest BCUT2D eigenvalue weighted by atomic mass is 10.1. The molecule has 1 fully saturated rings. The van der Waals surface area contributed by atoms with Gasteiger partial charge in [0, 0.05) is 11.6 Å².